The van der Waals surface area contributed by atoms with Gasteiger partial charge in [0.1, 0.15) is 0 Å². The van der Waals surface area contributed by atoms with Gasteiger partial charge in [-0.05, 0) is 62.6 Å². The van der Waals surface area contributed by atoms with E-state index in [2.05, 4.69) is 11.8 Å². The summed E-state index contributed by atoms with van der Waals surface area (Å²) in [6.07, 6.45) is 5.55. The Balaban J connectivity index is 1.53. The maximum absolute atomic E-state index is 13.4. The Morgan fingerprint density at radius 2 is 1.67 bits per heavy atom. The van der Waals surface area contributed by atoms with E-state index in [0.29, 0.717) is 10.9 Å². The highest BCUT2D eigenvalue weighted by molar-refractivity contribution is 7.89. The number of fused-ring (bicyclic) bond motifs is 1. The number of nitrogens with zero attached hydrogens (tertiary/aromatic N) is 2. The first-order valence-corrected chi connectivity index (χ1v) is 11.6. The molecule has 2 aromatic carbocycles. The zero-order valence-electron chi connectivity index (χ0n) is 16.3. The molecule has 2 atom stereocenters. The highest BCUT2D eigenvalue weighted by Gasteiger charge is 2.37. The Morgan fingerprint density at radius 1 is 0.963 bits per heavy atom. The van der Waals surface area contributed by atoms with Crippen LogP contribution in [-0.2, 0) is 10.0 Å². The topological polar surface area (TPSA) is 40.6 Å². The second kappa shape index (κ2) is 7.53. The second-order valence-electron chi connectivity index (χ2n) is 8.34. The Kier molecular flexibility index (Phi) is 5.28. The molecule has 1 saturated heterocycles. The number of hydrogen-bond acceptors (Lipinski definition) is 3. The first-order valence-electron chi connectivity index (χ1n) is 10.2. The van der Waals surface area contributed by atoms with Crippen LogP contribution in [0.25, 0.3) is 10.8 Å². The van der Waals surface area contributed by atoms with Crippen LogP contribution in [0.5, 0.6) is 0 Å². The molecule has 0 aromatic heterocycles. The van der Waals surface area contributed by atoms with Gasteiger partial charge in [0.25, 0.3) is 0 Å². The third-order valence-electron chi connectivity index (χ3n) is 6.63. The number of hydrogen-bond donors (Lipinski definition) is 0. The van der Waals surface area contributed by atoms with Crippen molar-refractivity contribution >= 4 is 20.8 Å². The third-order valence-corrected chi connectivity index (χ3v) is 8.60. The summed E-state index contributed by atoms with van der Waals surface area (Å²) in [5.41, 5.74) is 0. The van der Waals surface area contributed by atoms with Crippen LogP contribution < -0.4 is 0 Å². The molecule has 2 aromatic rings. The lowest BCUT2D eigenvalue weighted by molar-refractivity contribution is 0.136. The summed E-state index contributed by atoms with van der Waals surface area (Å²) >= 11 is 0. The van der Waals surface area contributed by atoms with E-state index in [4.69, 9.17) is 0 Å². The van der Waals surface area contributed by atoms with E-state index in [1.807, 2.05) is 36.4 Å². The zero-order valence-corrected chi connectivity index (χ0v) is 17.2. The summed E-state index contributed by atoms with van der Waals surface area (Å²) in [5.74, 6) is 0.827. The molecule has 1 aliphatic carbocycles. The van der Waals surface area contributed by atoms with Crippen molar-refractivity contribution in [3.63, 3.8) is 0 Å². The fourth-order valence-corrected chi connectivity index (χ4v) is 6.37. The monoisotopic (exact) mass is 386 g/mol. The molecule has 2 fully saturated rings. The molecule has 0 unspecified atom stereocenters. The number of benzene rings is 2. The number of piperidine rings is 1. The lowest BCUT2D eigenvalue weighted by Gasteiger charge is -2.35. The van der Waals surface area contributed by atoms with Crippen molar-refractivity contribution < 1.29 is 8.42 Å². The lowest BCUT2D eigenvalue weighted by Crippen LogP contribution is -2.41. The maximum Gasteiger partial charge on any atom is 0.243 e. The molecule has 5 heteroatoms. The number of likely N-dealkylation sites (tertiary alicyclic amines) is 1. The van der Waals surface area contributed by atoms with Gasteiger partial charge >= 0.3 is 0 Å². The predicted molar refractivity (Wildman–Crippen MR) is 110 cm³/mol. The van der Waals surface area contributed by atoms with Gasteiger partial charge in [-0.1, -0.05) is 43.3 Å². The molecule has 1 saturated carbocycles. The van der Waals surface area contributed by atoms with Gasteiger partial charge in [0.2, 0.25) is 10.0 Å². The van der Waals surface area contributed by atoms with Gasteiger partial charge in [-0.25, -0.2) is 8.42 Å². The molecule has 0 amide bonds. The van der Waals surface area contributed by atoms with Crippen LogP contribution in [0.2, 0.25) is 0 Å². The van der Waals surface area contributed by atoms with Crippen LogP contribution in [0.15, 0.2) is 47.4 Å². The number of sulfonamides is 1. The smallest absolute Gasteiger partial charge is 0.243 e. The molecule has 4 rings (SSSR count). The van der Waals surface area contributed by atoms with E-state index in [0.717, 1.165) is 36.0 Å². The fourth-order valence-electron chi connectivity index (χ4n) is 4.76. The van der Waals surface area contributed by atoms with Crippen molar-refractivity contribution in [3.05, 3.63) is 42.5 Å². The highest BCUT2D eigenvalue weighted by Crippen LogP contribution is 2.34. The van der Waals surface area contributed by atoms with Crippen molar-refractivity contribution in [2.75, 3.05) is 20.1 Å². The number of rotatable bonds is 4. The fraction of sp³-hybridized carbons (Fsp3) is 0.545. The van der Waals surface area contributed by atoms with E-state index >= 15 is 0 Å². The Hall–Kier alpha value is -1.43. The minimum Gasteiger partial charge on any atom is -0.300 e. The Bertz CT molecular complexity index is 898. The second-order valence-corrected chi connectivity index (χ2v) is 10.3. The van der Waals surface area contributed by atoms with Crippen LogP contribution in [-0.4, -0.2) is 49.8 Å². The standard InChI is InChI=1S/C22H30N2O2S/c1-17-12-14-24(15-13-17)20-11-10-19(16-20)23(2)27(25,26)22-9-5-7-18-6-3-4-8-21(18)22/h3-9,17,19-20H,10-16H2,1-2H3/t19-,20+/m0/s1. The molecule has 0 N–H and O–H groups in total. The van der Waals surface area contributed by atoms with Gasteiger partial charge < -0.3 is 4.90 Å². The van der Waals surface area contributed by atoms with Crippen LogP contribution in [0.4, 0.5) is 0 Å². The van der Waals surface area contributed by atoms with Crippen molar-refractivity contribution in [2.24, 2.45) is 5.92 Å². The summed E-state index contributed by atoms with van der Waals surface area (Å²) in [5, 5.41) is 1.78. The van der Waals surface area contributed by atoms with Gasteiger partial charge in [-0.2, -0.15) is 4.31 Å². The molecule has 0 bridgehead atoms. The molecule has 4 nitrogen and oxygen atoms in total. The van der Waals surface area contributed by atoms with E-state index in [1.165, 1.54) is 25.9 Å². The summed E-state index contributed by atoms with van der Waals surface area (Å²) in [7, 11) is -1.73. The van der Waals surface area contributed by atoms with Crippen LogP contribution in [0, 0.1) is 5.92 Å². The van der Waals surface area contributed by atoms with E-state index in [-0.39, 0.29) is 6.04 Å². The first-order chi connectivity index (χ1) is 13.0. The zero-order chi connectivity index (χ0) is 19.0. The minimum absolute atomic E-state index is 0.0957. The molecule has 1 aliphatic heterocycles. The molecular weight excluding hydrogens is 356 g/mol. The summed E-state index contributed by atoms with van der Waals surface area (Å²) < 4.78 is 28.4. The molecule has 1 heterocycles. The van der Waals surface area contributed by atoms with Crippen molar-refractivity contribution in [1.29, 1.82) is 0 Å². The molecule has 0 spiro atoms. The minimum atomic E-state index is -3.50. The largest absolute Gasteiger partial charge is 0.300 e. The summed E-state index contributed by atoms with van der Waals surface area (Å²) in [6, 6.07) is 13.9. The van der Waals surface area contributed by atoms with Crippen molar-refractivity contribution in [3.8, 4) is 0 Å². The highest BCUT2D eigenvalue weighted by atomic mass is 32.2. The molecule has 146 valence electrons. The Labute approximate surface area is 163 Å². The third kappa shape index (κ3) is 3.65. The van der Waals surface area contributed by atoms with Crippen LogP contribution in [0.1, 0.15) is 39.0 Å². The molecule has 0 radical (unpaired) electrons. The van der Waals surface area contributed by atoms with Gasteiger partial charge in [-0.3, -0.25) is 0 Å². The Morgan fingerprint density at radius 3 is 2.44 bits per heavy atom. The van der Waals surface area contributed by atoms with Gasteiger partial charge in [0.05, 0.1) is 4.90 Å². The van der Waals surface area contributed by atoms with Crippen LogP contribution >= 0.6 is 0 Å². The molecular formula is C22H30N2O2S. The van der Waals surface area contributed by atoms with Crippen molar-refractivity contribution in [2.45, 2.75) is 56.0 Å². The first kappa shape index (κ1) is 18.9. The van der Waals surface area contributed by atoms with Crippen LogP contribution in [0.3, 0.4) is 0 Å². The quantitative estimate of drug-likeness (QED) is 0.794. The average molecular weight is 387 g/mol. The lowest BCUT2D eigenvalue weighted by atomic mass is 9.97. The molecule has 27 heavy (non-hydrogen) atoms. The van der Waals surface area contributed by atoms with E-state index in [9.17, 15) is 8.42 Å². The van der Waals surface area contributed by atoms with Gasteiger partial charge in [0.15, 0.2) is 0 Å². The summed E-state index contributed by atoms with van der Waals surface area (Å²) in [4.78, 5) is 3.02. The van der Waals surface area contributed by atoms with E-state index < -0.39 is 10.0 Å². The normalized spacial score (nSPS) is 25.4. The summed E-state index contributed by atoms with van der Waals surface area (Å²) in [6.45, 7) is 4.66. The van der Waals surface area contributed by atoms with Gasteiger partial charge in [0, 0.05) is 24.5 Å². The predicted octanol–water partition coefficient (Wildman–Crippen LogP) is 4.11. The van der Waals surface area contributed by atoms with Crippen molar-refractivity contribution in [1.82, 2.24) is 9.21 Å². The average Bonchev–Trinajstić information content (AvgIpc) is 3.17. The maximum atomic E-state index is 13.4. The SMILES string of the molecule is CC1CCN([C@@H]2CC[C@H](N(C)S(=O)(=O)c3cccc4ccccc34)C2)CC1. The molecule has 2 aliphatic rings. The van der Waals surface area contributed by atoms with Gasteiger partial charge in [-0.15, -0.1) is 0 Å². The van der Waals surface area contributed by atoms with E-state index in [1.54, 1.807) is 17.4 Å².